The van der Waals surface area contributed by atoms with E-state index in [1.54, 1.807) is 24.3 Å². The van der Waals surface area contributed by atoms with Gasteiger partial charge in [-0.25, -0.2) is 4.79 Å². The van der Waals surface area contributed by atoms with Crippen molar-refractivity contribution in [1.29, 1.82) is 0 Å². The van der Waals surface area contributed by atoms with Crippen LogP contribution >= 0.6 is 0 Å². The minimum Gasteiger partial charge on any atom is -0.457 e. The molecule has 0 radical (unpaired) electrons. The number of benzene rings is 2. The van der Waals surface area contributed by atoms with Crippen LogP contribution in [-0.4, -0.2) is 35.1 Å². The number of carbonyl (C=O) groups excluding carboxylic acids is 2. The molecule has 1 aliphatic rings. The van der Waals surface area contributed by atoms with Crippen molar-refractivity contribution in [3.8, 4) is 11.5 Å². The zero-order chi connectivity index (χ0) is 20.1. The van der Waals surface area contributed by atoms with Gasteiger partial charge >= 0.3 is 6.09 Å². The van der Waals surface area contributed by atoms with Crippen LogP contribution in [0.15, 0.2) is 54.6 Å². The van der Waals surface area contributed by atoms with Crippen LogP contribution in [0, 0.1) is 0 Å². The first-order chi connectivity index (χ1) is 13.3. The highest BCUT2D eigenvalue weighted by Crippen LogP contribution is 2.25. The third-order valence-electron chi connectivity index (χ3n) is 4.28. The van der Waals surface area contributed by atoms with Gasteiger partial charge in [-0.05, 0) is 70.0 Å². The highest BCUT2D eigenvalue weighted by Gasteiger charge is 2.36. The van der Waals surface area contributed by atoms with Crippen molar-refractivity contribution < 1.29 is 19.1 Å². The summed E-state index contributed by atoms with van der Waals surface area (Å²) in [7, 11) is 0. The minimum absolute atomic E-state index is 0.208. The maximum Gasteiger partial charge on any atom is 0.410 e. The number of nitrogens with zero attached hydrogens (tertiary/aromatic N) is 1. The lowest BCUT2D eigenvalue weighted by molar-refractivity contribution is -0.120. The smallest absolute Gasteiger partial charge is 0.410 e. The maximum absolute atomic E-state index is 12.7. The summed E-state index contributed by atoms with van der Waals surface area (Å²) in [6.07, 6.45) is 0.957. The Hall–Kier alpha value is -3.02. The van der Waals surface area contributed by atoms with Gasteiger partial charge in [-0.15, -0.1) is 0 Å². The van der Waals surface area contributed by atoms with E-state index in [-0.39, 0.29) is 5.91 Å². The highest BCUT2D eigenvalue weighted by molar-refractivity contribution is 5.96. The molecule has 0 aliphatic carbocycles. The summed E-state index contributed by atoms with van der Waals surface area (Å²) in [5.74, 6) is 1.22. The Labute approximate surface area is 165 Å². The van der Waals surface area contributed by atoms with Gasteiger partial charge in [0, 0.05) is 12.2 Å². The number of ether oxygens (including phenoxy) is 2. The zero-order valence-corrected chi connectivity index (χ0v) is 16.5. The second-order valence-corrected chi connectivity index (χ2v) is 7.76. The molecule has 2 aromatic carbocycles. The molecule has 1 atom stereocenters. The van der Waals surface area contributed by atoms with Gasteiger partial charge in [0.25, 0.3) is 0 Å². The molecule has 0 bridgehead atoms. The number of amides is 2. The molecule has 148 valence electrons. The van der Waals surface area contributed by atoms with Gasteiger partial charge < -0.3 is 14.8 Å². The molecular formula is C22H26N2O4. The Morgan fingerprint density at radius 2 is 1.64 bits per heavy atom. The quantitative estimate of drug-likeness (QED) is 0.823. The molecule has 1 heterocycles. The topological polar surface area (TPSA) is 67.9 Å². The van der Waals surface area contributed by atoms with Crippen molar-refractivity contribution in [2.45, 2.75) is 45.3 Å². The molecule has 0 saturated carbocycles. The summed E-state index contributed by atoms with van der Waals surface area (Å²) in [6.45, 7) is 5.97. The van der Waals surface area contributed by atoms with Crippen molar-refractivity contribution in [2.24, 2.45) is 0 Å². The average molecular weight is 382 g/mol. The Morgan fingerprint density at radius 1 is 1.00 bits per heavy atom. The number of nitrogens with one attached hydrogen (secondary N) is 1. The molecule has 2 aromatic rings. The number of carbonyl (C=O) groups is 2. The fraction of sp³-hybridized carbons (Fsp3) is 0.364. The summed E-state index contributed by atoms with van der Waals surface area (Å²) in [5, 5.41) is 2.88. The second kappa shape index (κ2) is 8.33. The van der Waals surface area contributed by atoms with Gasteiger partial charge in [-0.3, -0.25) is 9.69 Å². The van der Waals surface area contributed by atoms with Gasteiger partial charge in [0.1, 0.15) is 23.1 Å². The van der Waals surface area contributed by atoms with Crippen LogP contribution < -0.4 is 10.1 Å². The summed E-state index contributed by atoms with van der Waals surface area (Å²) in [4.78, 5) is 26.5. The van der Waals surface area contributed by atoms with Crippen LogP contribution in [0.2, 0.25) is 0 Å². The minimum atomic E-state index is -0.588. The van der Waals surface area contributed by atoms with Gasteiger partial charge in [-0.2, -0.15) is 0 Å². The monoisotopic (exact) mass is 382 g/mol. The molecule has 0 aromatic heterocycles. The van der Waals surface area contributed by atoms with Crippen LogP contribution in [0.25, 0.3) is 0 Å². The normalized spacial score (nSPS) is 16.5. The average Bonchev–Trinajstić information content (AvgIpc) is 3.13. The number of anilines is 1. The Balaban J connectivity index is 1.60. The summed E-state index contributed by atoms with van der Waals surface area (Å²) < 4.78 is 11.2. The van der Waals surface area contributed by atoms with E-state index in [0.717, 1.165) is 12.2 Å². The predicted molar refractivity (Wildman–Crippen MR) is 108 cm³/mol. The first kappa shape index (κ1) is 19.7. The van der Waals surface area contributed by atoms with Crippen LogP contribution in [-0.2, 0) is 9.53 Å². The SMILES string of the molecule is CC(C)(C)OC(=O)N1CCCC1C(=O)Nc1ccc(Oc2ccccc2)cc1. The third-order valence-corrected chi connectivity index (χ3v) is 4.28. The van der Waals surface area contributed by atoms with Crippen molar-refractivity contribution in [3.05, 3.63) is 54.6 Å². The third kappa shape index (κ3) is 5.25. The fourth-order valence-corrected chi connectivity index (χ4v) is 3.03. The highest BCUT2D eigenvalue weighted by atomic mass is 16.6. The van der Waals surface area contributed by atoms with Crippen LogP contribution in [0.3, 0.4) is 0 Å². The van der Waals surface area contributed by atoms with Crippen LogP contribution in [0.4, 0.5) is 10.5 Å². The Morgan fingerprint density at radius 3 is 2.29 bits per heavy atom. The summed E-state index contributed by atoms with van der Waals surface area (Å²) in [6, 6.07) is 16.1. The molecule has 0 spiro atoms. The van der Waals surface area contributed by atoms with Crippen LogP contribution in [0.1, 0.15) is 33.6 Å². The van der Waals surface area contributed by atoms with E-state index in [1.807, 2.05) is 51.1 Å². The van der Waals surface area contributed by atoms with E-state index >= 15 is 0 Å². The lowest BCUT2D eigenvalue weighted by atomic mass is 10.2. The van der Waals surface area contributed by atoms with E-state index in [9.17, 15) is 9.59 Å². The lowest BCUT2D eigenvalue weighted by Gasteiger charge is -2.28. The zero-order valence-electron chi connectivity index (χ0n) is 16.5. The second-order valence-electron chi connectivity index (χ2n) is 7.76. The van der Waals surface area contributed by atoms with E-state index in [1.165, 1.54) is 4.90 Å². The molecule has 1 saturated heterocycles. The van der Waals surface area contributed by atoms with Crippen molar-refractivity contribution in [1.82, 2.24) is 4.90 Å². The van der Waals surface area contributed by atoms with E-state index < -0.39 is 17.7 Å². The van der Waals surface area contributed by atoms with E-state index in [0.29, 0.717) is 24.4 Å². The number of hydrogen-bond donors (Lipinski definition) is 1. The van der Waals surface area contributed by atoms with Crippen molar-refractivity contribution >= 4 is 17.7 Å². The molecule has 6 nitrogen and oxygen atoms in total. The van der Waals surface area contributed by atoms with Crippen molar-refractivity contribution in [3.63, 3.8) is 0 Å². The van der Waals surface area contributed by atoms with Gasteiger partial charge in [0.05, 0.1) is 0 Å². The molecule has 1 N–H and O–H groups in total. The van der Waals surface area contributed by atoms with Crippen molar-refractivity contribution in [2.75, 3.05) is 11.9 Å². The molecule has 1 unspecified atom stereocenters. The summed E-state index contributed by atoms with van der Waals surface area (Å²) >= 11 is 0. The lowest BCUT2D eigenvalue weighted by Crippen LogP contribution is -2.45. The number of para-hydroxylation sites is 1. The first-order valence-corrected chi connectivity index (χ1v) is 9.45. The number of rotatable bonds is 4. The number of likely N-dealkylation sites (tertiary alicyclic amines) is 1. The van der Waals surface area contributed by atoms with Gasteiger partial charge in [-0.1, -0.05) is 18.2 Å². The molecule has 3 rings (SSSR count). The summed E-state index contributed by atoms with van der Waals surface area (Å²) in [5.41, 5.74) is 0.0661. The Kier molecular flexibility index (Phi) is 5.87. The molecule has 1 fully saturated rings. The van der Waals surface area contributed by atoms with E-state index in [4.69, 9.17) is 9.47 Å². The number of hydrogen-bond acceptors (Lipinski definition) is 4. The predicted octanol–water partition coefficient (Wildman–Crippen LogP) is 4.82. The van der Waals surface area contributed by atoms with Gasteiger partial charge in [0.15, 0.2) is 0 Å². The van der Waals surface area contributed by atoms with Crippen LogP contribution in [0.5, 0.6) is 11.5 Å². The standard InChI is InChI=1S/C22H26N2O4/c1-22(2,3)28-21(26)24-15-7-10-19(24)20(25)23-16-11-13-18(14-12-16)27-17-8-5-4-6-9-17/h4-6,8-9,11-14,19H,7,10,15H2,1-3H3,(H,23,25). The largest absolute Gasteiger partial charge is 0.457 e. The first-order valence-electron chi connectivity index (χ1n) is 9.45. The Bertz CT molecular complexity index is 813. The van der Waals surface area contributed by atoms with Gasteiger partial charge in [0.2, 0.25) is 5.91 Å². The molecular weight excluding hydrogens is 356 g/mol. The molecule has 1 aliphatic heterocycles. The molecule has 2 amide bonds. The fourth-order valence-electron chi connectivity index (χ4n) is 3.03. The molecule has 28 heavy (non-hydrogen) atoms. The maximum atomic E-state index is 12.7. The molecule has 6 heteroatoms. The van der Waals surface area contributed by atoms with E-state index in [2.05, 4.69) is 5.32 Å².